The first kappa shape index (κ1) is 32.2. The van der Waals surface area contributed by atoms with Crippen LogP contribution in [0.3, 0.4) is 0 Å². The standard InChI is InChI=1S/C30H59NO2/c1-4-5-6-7-17-20-23-26-29(31(2)3)27-24-21-18-15-13-11-9-8-10-12-14-16-19-22-25-28-30(32)33/h12,14,29H,4-11,13,15-28H2,1-3H3,(H,32,33). The summed E-state index contributed by atoms with van der Waals surface area (Å²) in [5.41, 5.74) is 0. The van der Waals surface area contributed by atoms with Gasteiger partial charge in [0.15, 0.2) is 0 Å². The van der Waals surface area contributed by atoms with Gasteiger partial charge in [0.1, 0.15) is 0 Å². The first-order valence-electron chi connectivity index (χ1n) is 14.6. The van der Waals surface area contributed by atoms with Gasteiger partial charge in [-0.25, -0.2) is 0 Å². The maximum Gasteiger partial charge on any atom is 0.303 e. The first-order valence-corrected chi connectivity index (χ1v) is 14.6. The van der Waals surface area contributed by atoms with E-state index < -0.39 is 5.97 Å². The van der Waals surface area contributed by atoms with Crippen molar-refractivity contribution in [1.82, 2.24) is 4.90 Å². The minimum Gasteiger partial charge on any atom is -0.481 e. The average Bonchev–Trinajstić information content (AvgIpc) is 2.78. The molecule has 3 heteroatoms. The molecule has 1 unspecified atom stereocenters. The summed E-state index contributed by atoms with van der Waals surface area (Å²) in [4.78, 5) is 12.9. The van der Waals surface area contributed by atoms with Crippen molar-refractivity contribution >= 4 is 5.97 Å². The minimum atomic E-state index is -0.669. The van der Waals surface area contributed by atoms with E-state index in [4.69, 9.17) is 5.11 Å². The van der Waals surface area contributed by atoms with Gasteiger partial charge in [-0.15, -0.1) is 0 Å². The number of unbranched alkanes of at least 4 members (excludes halogenated alkanes) is 17. The van der Waals surface area contributed by atoms with Crippen LogP contribution in [0.5, 0.6) is 0 Å². The molecule has 0 aromatic rings. The summed E-state index contributed by atoms with van der Waals surface area (Å²) < 4.78 is 0. The number of aliphatic carboxylic acids is 1. The van der Waals surface area contributed by atoms with E-state index in [-0.39, 0.29) is 0 Å². The van der Waals surface area contributed by atoms with Crippen molar-refractivity contribution in [3.63, 3.8) is 0 Å². The Hall–Kier alpha value is -0.830. The summed E-state index contributed by atoms with van der Waals surface area (Å²) in [5, 5.41) is 8.61. The van der Waals surface area contributed by atoms with Gasteiger partial charge in [0.25, 0.3) is 0 Å². The number of nitrogens with zero attached hydrogens (tertiary/aromatic N) is 1. The molecule has 0 amide bonds. The normalized spacial score (nSPS) is 12.7. The second-order valence-electron chi connectivity index (χ2n) is 10.4. The third-order valence-electron chi connectivity index (χ3n) is 6.96. The molecule has 0 aliphatic heterocycles. The summed E-state index contributed by atoms with van der Waals surface area (Å²) in [6.07, 6.45) is 34.0. The molecule has 0 aromatic carbocycles. The van der Waals surface area contributed by atoms with E-state index in [2.05, 4.69) is 38.1 Å². The van der Waals surface area contributed by atoms with Gasteiger partial charge in [-0.1, -0.05) is 115 Å². The van der Waals surface area contributed by atoms with E-state index in [0.29, 0.717) is 6.42 Å². The SMILES string of the molecule is CCCCCCCCCC(CCCCCCCCCCC=CCCCCCC(=O)O)N(C)C. The minimum absolute atomic E-state index is 0.319. The van der Waals surface area contributed by atoms with Gasteiger partial charge in [-0.2, -0.15) is 0 Å². The van der Waals surface area contributed by atoms with Gasteiger partial charge in [-0.3, -0.25) is 4.79 Å². The predicted molar refractivity (Wildman–Crippen MR) is 146 cm³/mol. The molecular formula is C30H59NO2. The molecule has 196 valence electrons. The Balaban J connectivity index is 3.41. The largest absolute Gasteiger partial charge is 0.481 e. The van der Waals surface area contributed by atoms with Crippen molar-refractivity contribution in [2.75, 3.05) is 14.1 Å². The van der Waals surface area contributed by atoms with Gasteiger partial charge in [-0.05, 0) is 59.0 Å². The van der Waals surface area contributed by atoms with Crippen LogP contribution in [0.4, 0.5) is 0 Å². The molecule has 0 aliphatic rings. The van der Waals surface area contributed by atoms with E-state index in [9.17, 15) is 4.79 Å². The quantitative estimate of drug-likeness (QED) is 0.102. The van der Waals surface area contributed by atoms with Gasteiger partial charge in [0, 0.05) is 12.5 Å². The fraction of sp³-hybridized carbons (Fsp3) is 0.900. The predicted octanol–water partition coefficient (Wildman–Crippen LogP) is 9.55. The van der Waals surface area contributed by atoms with Gasteiger partial charge < -0.3 is 10.0 Å². The van der Waals surface area contributed by atoms with Crippen LogP contribution >= 0.6 is 0 Å². The molecule has 0 rings (SSSR count). The second-order valence-corrected chi connectivity index (χ2v) is 10.4. The molecule has 0 saturated heterocycles. The number of allylic oxidation sites excluding steroid dienone is 2. The highest BCUT2D eigenvalue weighted by atomic mass is 16.4. The highest BCUT2D eigenvalue weighted by Crippen LogP contribution is 2.17. The zero-order valence-electron chi connectivity index (χ0n) is 22.8. The van der Waals surface area contributed by atoms with Crippen molar-refractivity contribution in [2.24, 2.45) is 0 Å². The molecule has 0 saturated carbocycles. The Morgan fingerprint density at radius 3 is 1.45 bits per heavy atom. The molecule has 1 N–H and O–H groups in total. The van der Waals surface area contributed by atoms with Crippen LogP contribution < -0.4 is 0 Å². The van der Waals surface area contributed by atoms with Crippen LogP contribution in [0.25, 0.3) is 0 Å². The van der Waals surface area contributed by atoms with E-state index in [1.54, 1.807) is 0 Å². The van der Waals surface area contributed by atoms with Gasteiger partial charge in [0.2, 0.25) is 0 Å². The third kappa shape index (κ3) is 25.6. The molecule has 0 bridgehead atoms. The van der Waals surface area contributed by atoms with Crippen LogP contribution in [0.2, 0.25) is 0 Å². The van der Waals surface area contributed by atoms with Crippen molar-refractivity contribution in [1.29, 1.82) is 0 Å². The Labute approximate surface area is 207 Å². The first-order chi connectivity index (χ1) is 16.1. The van der Waals surface area contributed by atoms with E-state index in [0.717, 1.165) is 31.7 Å². The van der Waals surface area contributed by atoms with Crippen molar-refractivity contribution < 1.29 is 9.90 Å². The Kier molecular flexibility index (Phi) is 25.1. The molecule has 3 nitrogen and oxygen atoms in total. The highest BCUT2D eigenvalue weighted by Gasteiger charge is 2.10. The fourth-order valence-electron chi connectivity index (χ4n) is 4.65. The van der Waals surface area contributed by atoms with E-state index in [1.165, 1.54) is 116 Å². The number of carbonyl (C=O) groups is 1. The van der Waals surface area contributed by atoms with Crippen LogP contribution in [0, 0.1) is 0 Å². The highest BCUT2D eigenvalue weighted by molar-refractivity contribution is 5.66. The van der Waals surface area contributed by atoms with E-state index >= 15 is 0 Å². The fourth-order valence-corrected chi connectivity index (χ4v) is 4.65. The summed E-state index contributed by atoms with van der Waals surface area (Å²) in [5.74, 6) is -0.669. The molecule has 0 fully saturated rings. The van der Waals surface area contributed by atoms with Gasteiger partial charge >= 0.3 is 5.97 Å². The van der Waals surface area contributed by atoms with Crippen LogP contribution in [-0.4, -0.2) is 36.1 Å². The van der Waals surface area contributed by atoms with Crippen molar-refractivity contribution in [2.45, 2.75) is 161 Å². The van der Waals surface area contributed by atoms with Gasteiger partial charge in [0.05, 0.1) is 0 Å². The topological polar surface area (TPSA) is 40.5 Å². The molecule has 33 heavy (non-hydrogen) atoms. The Morgan fingerprint density at radius 1 is 0.636 bits per heavy atom. The van der Waals surface area contributed by atoms with Crippen LogP contribution in [0.15, 0.2) is 12.2 Å². The lowest BCUT2D eigenvalue weighted by Crippen LogP contribution is -2.27. The molecule has 0 aliphatic carbocycles. The zero-order valence-corrected chi connectivity index (χ0v) is 22.8. The summed E-state index contributed by atoms with van der Waals surface area (Å²) in [6.45, 7) is 2.29. The van der Waals surface area contributed by atoms with Crippen molar-refractivity contribution in [3.8, 4) is 0 Å². The smallest absolute Gasteiger partial charge is 0.303 e. The number of carboxylic acid groups (broad SMARTS) is 1. The molecule has 1 atom stereocenters. The summed E-state index contributed by atoms with van der Waals surface area (Å²) >= 11 is 0. The number of hydrogen-bond acceptors (Lipinski definition) is 2. The second kappa shape index (κ2) is 25.8. The molecule has 0 radical (unpaired) electrons. The lowest BCUT2D eigenvalue weighted by molar-refractivity contribution is -0.137. The van der Waals surface area contributed by atoms with Crippen LogP contribution in [0.1, 0.15) is 155 Å². The average molecular weight is 466 g/mol. The molecule has 0 heterocycles. The molecular weight excluding hydrogens is 406 g/mol. The summed E-state index contributed by atoms with van der Waals surface area (Å²) in [6, 6.07) is 0.790. The molecule has 0 spiro atoms. The lowest BCUT2D eigenvalue weighted by atomic mass is 9.99. The number of rotatable bonds is 26. The number of carboxylic acids is 1. The Morgan fingerprint density at radius 2 is 1.03 bits per heavy atom. The molecule has 0 aromatic heterocycles. The number of hydrogen-bond donors (Lipinski definition) is 1. The maximum absolute atomic E-state index is 10.4. The van der Waals surface area contributed by atoms with Crippen molar-refractivity contribution in [3.05, 3.63) is 12.2 Å². The lowest BCUT2D eigenvalue weighted by Gasteiger charge is -2.24. The Bertz CT molecular complexity index is 433. The zero-order chi connectivity index (χ0) is 24.4. The third-order valence-corrected chi connectivity index (χ3v) is 6.96. The van der Waals surface area contributed by atoms with E-state index in [1.807, 2.05) is 0 Å². The maximum atomic E-state index is 10.4. The summed E-state index contributed by atoms with van der Waals surface area (Å²) in [7, 11) is 4.53. The monoisotopic (exact) mass is 465 g/mol. The van der Waals surface area contributed by atoms with Crippen LogP contribution in [-0.2, 0) is 4.79 Å².